The lowest BCUT2D eigenvalue weighted by Gasteiger charge is -2.13. The van der Waals surface area contributed by atoms with Gasteiger partial charge in [0.25, 0.3) is 0 Å². The fourth-order valence-corrected chi connectivity index (χ4v) is 1.82. The van der Waals surface area contributed by atoms with Crippen molar-refractivity contribution < 1.29 is 9.13 Å². The first-order chi connectivity index (χ1) is 9.13. The zero-order valence-corrected chi connectivity index (χ0v) is 10.9. The highest BCUT2D eigenvalue weighted by molar-refractivity contribution is 5.71. The van der Waals surface area contributed by atoms with Crippen LogP contribution in [0.3, 0.4) is 0 Å². The lowest BCUT2D eigenvalue weighted by molar-refractivity contribution is 0.178. The van der Waals surface area contributed by atoms with Crippen LogP contribution in [0, 0.1) is 5.82 Å². The summed E-state index contributed by atoms with van der Waals surface area (Å²) in [6, 6.07) is 4.24. The molecule has 0 aliphatic rings. The number of nitrogen functional groups attached to an aromatic ring is 1. The van der Waals surface area contributed by atoms with Crippen molar-refractivity contribution in [1.29, 1.82) is 0 Å². The summed E-state index contributed by atoms with van der Waals surface area (Å²) in [5, 5.41) is 11.6. The van der Waals surface area contributed by atoms with Crippen LogP contribution in [0.4, 0.5) is 10.1 Å². The van der Waals surface area contributed by atoms with Gasteiger partial charge < -0.3 is 10.5 Å². The summed E-state index contributed by atoms with van der Waals surface area (Å²) in [6.07, 6.45) is 0.773. The number of tetrazole rings is 1. The van der Waals surface area contributed by atoms with E-state index in [-0.39, 0.29) is 11.9 Å². The van der Waals surface area contributed by atoms with E-state index in [0.29, 0.717) is 23.7 Å². The Labute approximate surface area is 110 Å². The first-order valence-corrected chi connectivity index (χ1v) is 5.95. The molecule has 1 heterocycles. The Morgan fingerprint density at radius 3 is 2.95 bits per heavy atom. The van der Waals surface area contributed by atoms with Crippen molar-refractivity contribution in [2.45, 2.75) is 19.4 Å². The molecule has 2 rings (SSSR count). The number of halogens is 1. The van der Waals surface area contributed by atoms with Gasteiger partial charge in [0.1, 0.15) is 5.82 Å². The summed E-state index contributed by atoms with van der Waals surface area (Å²) in [4.78, 5) is 0. The summed E-state index contributed by atoms with van der Waals surface area (Å²) in [5.74, 6) is 0.147. The largest absolute Gasteiger partial charge is 0.398 e. The highest BCUT2D eigenvalue weighted by Gasteiger charge is 2.16. The van der Waals surface area contributed by atoms with Crippen LogP contribution in [0.15, 0.2) is 18.2 Å². The van der Waals surface area contributed by atoms with Crippen molar-refractivity contribution in [3.05, 3.63) is 24.0 Å². The van der Waals surface area contributed by atoms with E-state index in [1.165, 1.54) is 12.1 Å². The molecule has 2 aromatic rings. The van der Waals surface area contributed by atoms with Gasteiger partial charge in [0.15, 0.2) is 5.82 Å². The van der Waals surface area contributed by atoms with Gasteiger partial charge in [0.05, 0.1) is 6.04 Å². The van der Waals surface area contributed by atoms with Crippen molar-refractivity contribution in [3.63, 3.8) is 0 Å². The quantitative estimate of drug-likeness (QED) is 0.832. The smallest absolute Gasteiger partial charge is 0.184 e. The minimum absolute atomic E-state index is 0.0643. The minimum Gasteiger partial charge on any atom is -0.398 e. The fraction of sp³-hybridized carbons (Fsp3) is 0.417. The van der Waals surface area contributed by atoms with Crippen LogP contribution in [-0.4, -0.2) is 33.9 Å². The molecule has 1 atom stereocenters. The predicted molar refractivity (Wildman–Crippen MR) is 68.8 cm³/mol. The summed E-state index contributed by atoms with van der Waals surface area (Å²) in [7, 11) is 1.64. The molecule has 19 heavy (non-hydrogen) atoms. The van der Waals surface area contributed by atoms with Gasteiger partial charge in [-0.1, -0.05) is 0 Å². The van der Waals surface area contributed by atoms with Gasteiger partial charge in [0, 0.05) is 25.0 Å². The molecule has 0 radical (unpaired) electrons. The molecular weight excluding hydrogens is 249 g/mol. The SMILES string of the molecule is COCCC(C)n1nnnc1-c1ccc(F)cc1N. The van der Waals surface area contributed by atoms with E-state index in [9.17, 15) is 4.39 Å². The molecular formula is C12H16FN5O. The third kappa shape index (κ3) is 2.87. The van der Waals surface area contributed by atoms with Crippen LogP contribution in [-0.2, 0) is 4.74 Å². The van der Waals surface area contributed by atoms with Gasteiger partial charge in [-0.3, -0.25) is 0 Å². The maximum absolute atomic E-state index is 13.1. The molecule has 1 aromatic carbocycles. The molecule has 0 aliphatic heterocycles. The number of hydrogen-bond donors (Lipinski definition) is 1. The lowest BCUT2D eigenvalue weighted by Crippen LogP contribution is -2.12. The van der Waals surface area contributed by atoms with Crippen LogP contribution in [0.25, 0.3) is 11.4 Å². The Kier molecular flexibility index (Phi) is 4.06. The second-order valence-corrected chi connectivity index (χ2v) is 4.31. The molecule has 1 aromatic heterocycles. The number of hydrogen-bond acceptors (Lipinski definition) is 5. The number of anilines is 1. The Hall–Kier alpha value is -2.02. The van der Waals surface area contributed by atoms with Gasteiger partial charge in [-0.15, -0.1) is 5.10 Å². The van der Waals surface area contributed by atoms with Gasteiger partial charge >= 0.3 is 0 Å². The molecule has 0 spiro atoms. The van der Waals surface area contributed by atoms with Crippen LogP contribution in [0.2, 0.25) is 0 Å². The van der Waals surface area contributed by atoms with Gasteiger partial charge in [-0.25, -0.2) is 9.07 Å². The molecule has 102 valence electrons. The Morgan fingerprint density at radius 1 is 1.47 bits per heavy atom. The fourth-order valence-electron chi connectivity index (χ4n) is 1.82. The first kappa shape index (κ1) is 13.4. The van der Waals surface area contributed by atoms with Crippen LogP contribution in [0.1, 0.15) is 19.4 Å². The number of rotatable bonds is 5. The molecule has 7 heteroatoms. The van der Waals surface area contributed by atoms with E-state index >= 15 is 0 Å². The average Bonchev–Trinajstić information content (AvgIpc) is 2.85. The van der Waals surface area contributed by atoms with Gasteiger partial charge in [-0.05, 0) is 42.0 Å². The molecule has 1 unspecified atom stereocenters. The highest BCUT2D eigenvalue weighted by Crippen LogP contribution is 2.26. The number of methoxy groups -OCH3 is 1. The third-order valence-electron chi connectivity index (χ3n) is 2.90. The summed E-state index contributed by atoms with van der Waals surface area (Å²) in [5.41, 5.74) is 6.74. The van der Waals surface area contributed by atoms with Crippen molar-refractivity contribution in [1.82, 2.24) is 20.2 Å². The van der Waals surface area contributed by atoms with E-state index in [4.69, 9.17) is 10.5 Å². The topological polar surface area (TPSA) is 78.8 Å². The van der Waals surface area contributed by atoms with E-state index in [1.54, 1.807) is 17.9 Å². The minimum atomic E-state index is -0.382. The van der Waals surface area contributed by atoms with Crippen molar-refractivity contribution in [2.24, 2.45) is 0 Å². The van der Waals surface area contributed by atoms with Crippen LogP contribution >= 0.6 is 0 Å². The molecule has 0 amide bonds. The van der Waals surface area contributed by atoms with Crippen molar-refractivity contribution in [3.8, 4) is 11.4 Å². The first-order valence-electron chi connectivity index (χ1n) is 5.95. The van der Waals surface area contributed by atoms with Crippen LogP contribution < -0.4 is 5.73 Å². The lowest BCUT2D eigenvalue weighted by atomic mass is 10.1. The van der Waals surface area contributed by atoms with E-state index in [1.807, 2.05) is 6.92 Å². The van der Waals surface area contributed by atoms with Crippen molar-refractivity contribution >= 4 is 5.69 Å². The molecule has 2 N–H and O–H groups in total. The number of benzene rings is 1. The molecule has 0 bridgehead atoms. The molecule has 0 aliphatic carbocycles. The monoisotopic (exact) mass is 265 g/mol. The summed E-state index contributed by atoms with van der Waals surface area (Å²) in [6.45, 7) is 2.60. The third-order valence-corrected chi connectivity index (χ3v) is 2.90. The zero-order chi connectivity index (χ0) is 13.8. The normalized spacial score (nSPS) is 12.6. The number of ether oxygens (including phenoxy) is 1. The Bertz CT molecular complexity index is 557. The van der Waals surface area contributed by atoms with Crippen LogP contribution in [0.5, 0.6) is 0 Å². The summed E-state index contributed by atoms with van der Waals surface area (Å²) >= 11 is 0. The maximum atomic E-state index is 13.1. The molecule has 0 saturated heterocycles. The molecule has 6 nitrogen and oxygen atoms in total. The standard InChI is InChI=1S/C12H16FN5O/c1-8(5-6-19-2)18-12(15-16-17-18)10-4-3-9(13)7-11(10)14/h3-4,7-8H,5-6,14H2,1-2H3. The Morgan fingerprint density at radius 2 is 2.26 bits per heavy atom. The summed E-state index contributed by atoms with van der Waals surface area (Å²) < 4.78 is 19.8. The number of nitrogens with zero attached hydrogens (tertiary/aromatic N) is 4. The van der Waals surface area contributed by atoms with Crippen molar-refractivity contribution in [2.75, 3.05) is 19.5 Å². The second-order valence-electron chi connectivity index (χ2n) is 4.31. The van der Waals surface area contributed by atoms with E-state index < -0.39 is 0 Å². The van der Waals surface area contributed by atoms with E-state index in [0.717, 1.165) is 6.42 Å². The highest BCUT2D eigenvalue weighted by atomic mass is 19.1. The van der Waals surface area contributed by atoms with E-state index in [2.05, 4.69) is 15.5 Å². The zero-order valence-electron chi connectivity index (χ0n) is 10.9. The maximum Gasteiger partial charge on any atom is 0.184 e. The molecule has 0 saturated carbocycles. The number of aromatic nitrogens is 4. The molecule has 0 fully saturated rings. The average molecular weight is 265 g/mol. The predicted octanol–water partition coefficient (Wildman–Crippen LogP) is 1.66. The second kappa shape index (κ2) is 5.75. The van der Waals surface area contributed by atoms with Gasteiger partial charge in [0.2, 0.25) is 0 Å². The Balaban J connectivity index is 2.33. The number of nitrogens with two attached hydrogens (primary N) is 1. The van der Waals surface area contributed by atoms with Gasteiger partial charge in [-0.2, -0.15) is 0 Å².